The molecule has 2 heterocycles. The molecule has 0 radical (unpaired) electrons. The highest BCUT2D eigenvalue weighted by atomic mass is 16.2. The van der Waals surface area contributed by atoms with E-state index in [9.17, 15) is 4.79 Å². The van der Waals surface area contributed by atoms with Crippen LogP contribution >= 0.6 is 0 Å². The summed E-state index contributed by atoms with van der Waals surface area (Å²) in [6, 6.07) is 0. The molecule has 2 saturated heterocycles. The highest BCUT2D eigenvalue weighted by molar-refractivity contribution is 5.86. The number of hydrogen-bond acceptors (Lipinski definition) is 3. The minimum Gasteiger partial charge on any atom is -0.354 e. The largest absolute Gasteiger partial charge is 0.354 e. The smallest absolute Gasteiger partial charge is 0.240 e. The molecule has 0 aromatic rings. The van der Waals surface area contributed by atoms with Crippen molar-refractivity contribution in [3.05, 3.63) is 0 Å². The van der Waals surface area contributed by atoms with Crippen LogP contribution in [0, 0.1) is 5.92 Å². The van der Waals surface area contributed by atoms with Crippen LogP contribution in [0.2, 0.25) is 0 Å². The molecular weight excluding hydrogens is 226 g/mol. The van der Waals surface area contributed by atoms with Crippen molar-refractivity contribution in [2.75, 3.05) is 32.7 Å². The summed E-state index contributed by atoms with van der Waals surface area (Å²) in [4.78, 5) is 14.8. The lowest BCUT2D eigenvalue weighted by Crippen LogP contribution is -2.53. The third kappa shape index (κ3) is 2.86. The Morgan fingerprint density at radius 2 is 2.33 bits per heavy atom. The van der Waals surface area contributed by atoms with Crippen LogP contribution in [0.15, 0.2) is 0 Å². The van der Waals surface area contributed by atoms with Crippen molar-refractivity contribution in [3.8, 4) is 0 Å². The molecule has 0 aromatic carbocycles. The van der Waals surface area contributed by atoms with Crippen LogP contribution < -0.4 is 10.6 Å². The van der Waals surface area contributed by atoms with Gasteiger partial charge in [0.05, 0.1) is 5.54 Å². The molecule has 0 spiro atoms. The number of likely N-dealkylation sites (tertiary alicyclic amines) is 1. The summed E-state index contributed by atoms with van der Waals surface area (Å²) >= 11 is 0. The molecule has 18 heavy (non-hydrogen) atoms. The number of amides is 1. The van der Waals surface area contributed by atoms with Crippen molar-refractivity contribution < 1.29 is 4.79 Å². The SMILES string of the molecule is CCN1CCC(CNC(=O)C2(CC)CCCN2)C1. The average molecular weight is 253 g/mol. The second-order valence-electron chi connectivity index (χ2n) is 5.72. The van der Waals surface area contributed by atoms with Crippen LogP contribution in [0.4, 0.5) is 0 Å². The lowest BCUT2D eigenvalue weighted by molar-refractivity contribution is -0.127. The minimum atomic E-state index is -0.275. The Hall–Kier alpha value is -0.610. The first-order chi connectivity index (χ1) is 8.70. The molecule has 4 nitrogen and oxygen atoms in total. The number of nitrogens with one attached hydrogen (secondary N) is 2. The summed E-state index contributed by atoms with van der Waals surface area (Å²) in [5.74, 6) is 0.863. The predicted molar refractivity (Wildman–Crippen MR) is 73.5 cm³/mol. The molecule has 0 saturated carbocycles. The van der Waals surface area contributed by atoms with E-state index < -0.39 is 0 Å². The third-order valence-electron chi connectivity index (χ3n) is 4.65. The zero-order valence-corrected chi connectivity index (χ0v) is 11.8. The van der Waals surface area contributed by atoms with Gasteiger partial charge in [-0.25, -0.2) is 0 Å². The van der Waals surface area contributed by atoms with Crippen molar-refractivity contribution in [3.63, 3.8) is 0 Å². The number of rotatable bonds is 5. The van der Waals surface area contributed by atoms with Gasteiger partial charge >= 0.3 is 0 Å². The first kappa shape index (κ1) is 13.8. The van der Waals surface area contributed by atoms with Crippen molar-refractivity contribution in [2.45, 2.75) is 45.1 Å². The summed E-state index contributed by atoms with van der Waals surface area (Å²) in [7, 11) is 0. The van der Waals surface area contributed by atoms with Gasteiger partial charge in [0.1, 0.15) is 0 Å². The Kier molecular flexibility index (Phi) is 4.62. The molecule has 2 aliphatic heterocycles. The average Bonchev–Trinajstić information content (AvgIpc) is 3.05. The van der Waals surface area contributed by atoms with Gasteiger partial charge in [-0.1, -0.05) is 13.8 Å². The lowest BCUT2D eigenvalue weighted by atomic mass is 9.93. The summed E-state index contributed by atoms with van der Waals surface area (Å²) < 4.78 is 0. The fraction of sp³-hybridized carbons (Fsp3) is 0.929. The van der Waals surface area contributed by atoms with E-state index in [0.29, 0.717) is 5.92 Å². The van der Waals surface area contributed by atoms with Gasteiger partial charge in [-0.2, -0.15) is 0 Å². The van der Waals surface area contributed by atoms with E-state index in [1.807, 2.05) is 0 Å². The maximum absolute atomic E-state index is 12.3. The van der Waals surface area contributed by atoms with Crippen LogP contribution in [-0.4, -0.2) is 49.1 Å². The summed E-state index contributed by atoms with van der Waals surface area (Å²) in [5, 5.41) is 6.57. The van der Waals surface area contributed by atoms with Crippen molar-refractivity contribution in [2.24, 2.45) is 5.92 Å². The van der Waals surface area contributed by atoms with E-state index in [1.165, 1.54) is 13.0 Å². The topological polar surface area (TPSA) is 44.4 Å². The highest BCUT2D eigenvalue weighted by Crippen LogP contribution is 2.23. The molecule has 104 valence electrons. The van der Waals surface area contributed by atoms with E-state index in [4.69, 9.17) is 0 Å². The van der Waals surface area contributed by atoms with Crippen LogP contribution in [0.1, 0.15) is 39.5 Å². The molecule has 4 heteroatoms. The first-order valence-electron chi connectivity index (χ1n) is 7.46. The molecule has 2 atom stereocenters. The lowest BCUT2D eigenvalue weighted by Gasteiger charge is -2.27. The maximum atomic E-state index is 12.3. The number of carbonyl (C=O) groups excluding carboxylic acids is 1. The fourth-order valence-electron chi connectivity index (χ4n) is 3.24. The Labute approximate surface area is 110 Å². The second kappa shape index (κ2) is 6.02. The van der Waals surface area contributed by atoms with Gasteiger partial charge in [0.25, 0.3) is 0 Å². The van der Waals surface area contributed by atoms with E-state index >= 15 is 0 Å². The Morgan fingerprint density at radius 1 is 1.50 bits per heavy atom. The van der Waals surface area contributed by atoms with Crippen LogP contribution in [0.25, 0.3) is 0 Å². The summed E-state index contributed by atoms with van der Waals surface area (Å²) in [6.45, 7) is 9.59. The van der Waals surface area contributed by atoms with Crippen LogP contribution in [-0.2, 0) is 4.79 Å². The Morgan fingerprint density at radius 3 is 2.89 bits per heavy atom. The first-order valence-corrected chi connectivity index (χ1v) is 7.46. The van der Waals surface area contributed by atoms with Gasteiger partial charge in [-0.15, -0.1) is 0 Å². The molecule has 2 aliphatic rings. The Balaban J connectivity index is 1.78. The molecular formula is C14H27N3O. The zero-order valence-electron chi connectivity index (χ0n) is 11.8. The summed E-state index contributed by atoms with van der Waals surface area (Å²) in [6.07, 6.45) is 4.22. The fourth-order valence-corrected chi connectivity index (χ4v) is 3.24. The van der Waals surface area contributed by atoms with E-state index in [1.54, 1.807) is 0 Å². The number of nitrogens with zero attached hydrogens (tertiary/aromatic N) is 1. The van der Waals surface area contributed by atoms with Gasteiger partial charge in [0, 0.05) is 13.1 Å². The molecule has 2 N–H and O–H groups in total. The molecule has 2 fully saturated rings. The van der Waals surface area contributed by atoms with Gasteiger partial charge in [0.15, 0.2) is 0 Å². The molecule has 0 aliphatic carbocycles. The monoisotopic (exact) mass is 253 g/mol. The molecule has 2 rings (SSSR count). The molecule has 2 unspecified atom stereocenters. The van der Waals surface area contributed by atoms with Gasteiger partial charge in [-0.3, -0.25) is 4.79 Å². The van der Waals surface area contributed by atoms with Crippen molar-refractivity contribution in [1.29, 1.82) is 0 Å². The second-order valence-corrected chi connectivity index (χ2v) is 5.72. The third-order valence-corrected chi connectivity index (χ3v) is 4.65. The van der Waals surface area contributed by atoms with Gasteiger partial charge < -0.3 is 15.5 Å². The normalized spacial score (nSPS) is 32.9. The van der Waals surface area contributed by atoms with Crippen LogP contribution in [0.5, 0.6) is 0 Å². The van der Waals surface area contributed by atoms with Crippen molar-refractivity contribution >= 4 is 5.91 Å². The molecule has 0 bridgehead atoms. The van der Waals surface area contributed by atoms with Crippen molar-refractivity contribution in [1.82, 2.24) is 15.5 Å². The molecule has 1 amide bonds. The maximum Gasteiger partial charge on any atom is 0.240 e. The number of carbonyl (C=O) groups is 1. The Bertz CT molecular complexity index is 287. The van der Waals surface area contributed by atoms with Gasteiger partial charge in [-0.05, 0) is 51.2 Å². The van der Waals surface area contributed by atoms with Crippen LogP contribution in [0.3, 0.4) is 0 Å². The summed E-state index contributed by atoms with van der Waals surface area (Å²) in [5.41, 5.74) is -0.275. The number of hydrogen-bond donors (Lipinski definition) is 2. The zero-order chi connectivity index (χ0) is 13.0. The highest BCUT2D eigenvalue weighted by Gasteiger charge is 2.39. The molecule has 0 aromatic heterocycles. The van der Waals surface area contributed by atoms with Gasteiger partial charge in [0.2, 0.25) is 5.91 Å². The predicted octanol–water partition coefficient (Wildman–Crippen LogP) is 0.977. The van der Waals surface area contributed by atoms with E-state index in [-0.39, 0.29) is 11.4 Å². The quantitative estimate of drug-likeness (QED) is 0.767. The van der Waals surface area contributed by atoms with E-state index in [0.717, 1.165) is 45.4 Å². The standard InChI is InChI=1S/C14H27N3O/c1-3-14(7-5-8-16-14)13(18)15-10-12-6-9-17(4-2)11-12/h12,16H,3-11H2,1-2H3,(H,15,18). The minimum absolute atomic E-state index is 0.220. The van der Waals surface area contributed by atoms with E-state index in [2.05, 4.69) is 29.4 Å².